The van der Waals surface area contributed by atoms with E-state index in [2.05, 4.69) is 22.4 Å². The van der Waals surface area contributed by atoms with Gasteiger partial charge in [0.1, 0.15) is 0 Å². The number of aromatic nitrogens is 7. The molecule has 4 aromatic heterocycles. The summed E-state index contributed by atoms with van der Waals surface area (Å²) >= 11 is 0. The summed E-state index contributed by atoms with van der Waals surface area (Å²) in [4.78, 5) is 18.3. The van der Waals surface area contributed by atoms with Gasteiger partial charge in [-0.2, -0.15) is 15.3 Å². The van der Waals surface area contributed by atoms with E-state index < -0.39 is 0 Å². The number of nitrogens with one attached hydrogen (secondary N) is 1. The van der Waals surface area contributed by atoms with Crippen molar-refractivity contribution >= 4 is 22.6 Å². The summed E-state index contributed by atoms with van der Waals surface area (Å²) in [6.45, 7) is 7.51. The molecule has 0 unspecified atom stereocenters. The SMILES string of the molecule is CCCCn1nc(C)c2c(C(=O)Nc3cnn(Cc4cn(C)nc4C)c3)cc(C3CC3)nc21. The fraction of sp³-hybridized carbons (Fsp3) is 0.458. The molecule has 0 radical (unpaired) electrons. The molecule has 5 rings (SSSR count). The Balaban J connectivity index is 1.43. The summed E-state index contributed by atoms with van der Waals surface area (Å²) in [5.41, 5.74) is 6.02. The standard InChI is InChI=1S/C24H30N8O/c1-5-6-9-32-23-22(16(3)29-32)20(10-21(27-23)17-7-8-17)24(33)26-19-11-25-31(14-19)13-18-12-30(4)28-15(18)2/h10-12,14,17H,5-9,13H2,1-4H3,(H,26,33). The van der Waals surface area contributed by atoms with Crippen LogP contribution in [0.5, 0.6) is 0 Å². The lowest BCUT2D eigenvalue weighted by molar-refractivity contribution is 0.102. The molecular formula is C24H30N8O. The Morgan fingerprint density at radius 3 is 2.70 bits per heavy atom. The maximum absolute atomic E-state index is 13.4. The zero-order valence-electron chi connectivity index (χ0n) is 19.7. The third kappa shape index (κ3) is 4.27. The molecule has 0 atom stereocenters. The summed E-state index contributed by atoms with van der Waals surface area (Å²) < 4.78 is 5.57. The topological polar surface area (TPSA) is 95.5 Å². The summed E-state index contributed by atoms with van der Waals surface area (Å²) in [5, 5.41) is 17.4. The number of unbranched alkanes of at least 4 members (excludes halogenated alkanes) is 1. The fourth-order valence-corrected chi connectivity index (χ4v) is 4.30. The molecule has 1 saturated carbocycles. The summed E-state index contributed by atoms with van der Waals surface area (Å²) in [6, 6.07) is 1.96. The molecule has 0 saturated heterocycles. The third-order valence-electron chi connectivity index (χ3n) is 6.20. The van der Waals surface area contributed by atoms with Gasteiger partial charge in [0.2, 0.25) is 0 Å². The van der Waals surface area contributed by atoms with E-state index in [-0.39, 0.29) is 5.91 Å². The Labute approximate surface area is 192 Å². The van der Waals surface area contributed by atoms with E-state index in [0.29, 0.717) is 23.7 Å². The number of carbonyl (C=O) groups excluding carboxylic acids is 1. The second kappa shape index (κ2) is 8.46. The number of nitrogens with zero attached hydrogens (tertiary/aromatic N) is 7. The van der Waals surface area contributed by atoms with Gasteiger partial charge in [0, 0.05) is 43.2 Å². The molecule has 0 bridgehead atoms. The lowest BCUT2D eigenvalue weighted by atomic mass is 10.1. The second-order valence-electron chi connectivity index (χ2n) is 9.02. The van der Waals surface area contributed by atoms with Crippen molar-refractivity contribution in [3.63, 3.8) is 0 Å². The van der Waals surface area contributed by atoms with Crippen molar-refractivity contribution in [3.8, 4) is 0 Å². The number of amides is 1. The van der Waals surface area contributed by atoms with Crippen molar-refractivity contribution in [3.05, 3.63) is 52.9 Å². The summed E-state index contributed by atoms with van der Waals surface area (Å²) in [6.07, 6.45) is 9.89. The van der Waals surface area contributed by atoms with Gasteiger partial charge in [-0.1, -0.05) is 13.3 Å². The molecule has 33 heavy (non-hydrogen) atoms. The van der Waals surface area contributed by atoms with Crippen molar-refractivity contribution in [2.24, 2.45) is 7.05 Å². The van der Waals surface area contributed by atoms with Gasteiger partial charge in [-0.05, 0) is 39.2 Å². The van der Waals surface area contributed by atoms with Gasteiger partial charge in [-0.15, -0.1) is 0 Å². The van der Waals surface area contributed by atoms with Crippen molar-refractivity contribution in [1.29, 1.82) is 0 Å². The average molecular weight is 447 g/mol. The number of fused-ring (bicyclic) bond motifs is 1. The van der Waals surface area contributed by atoms with Crippen LogP contribution in [0.1, 0.15) is 71.5 Å². The monoisotopic (exact) mass is 446 g/mol. The maximum Gasteiger partial charge on any atom is 0.256 e. The van der Waals surface area contributed by atoms with Gasteiger partial charge in [-0.3, -0.25) is 14.2 Å². The zero-order valence-corrected chi connectivity index (χ0v) is 19.7. The number of hydrogen-bond acceptors (Lipinski definition) is 5. The van der Waals surface area contributed by atoms with Crippen LogP contribution < -0.4 is 5.32 Å². The van der Waals surface area contributed by atoms with Crippen LogP contribution in [0.3, 0.4) is 0 Å². The predicted molar refractivity (Wildman–Crippen MR) is 126 cm³/mol. The van der Waals surface area contributed by atoms with Gasteiger partial charge in [0.05, 0.1) is 40.8 Å². The van der Waals surface area contributed by atoms with Crippen molar-refractivity contribution in [1.82, 2.24) is 34.3 Å². The summed E-state index contributed by atoms with van der Waals surface area (Å²) in [7, 11) is 1.91. The lowest BCUT2D eigenvalue weighted by Crippen LogP contribution is -2.13. The van der Waals surface area contributed by atoms with Gasteiger partial charge < -0.3 is 5.32 Å². The predicted octanol–water partition coefficient (Wildman–Crippen LogP) is 3.96. The first-order chi connectivity index (χ1) is 15.9. The zero-order chi connectivity index (χ0) is 23.1. The molecule has 9 nitrogen and oxygen atoms in total. The second-order valence-corrected chi connectivity index (χ2v) is 9.02. The van der Waals surface area contributed by atoms with E-state index >= 15 is 0 Å². The Bertz CT molecular complexity index is 1320. The number of aryl methyl sites for hydroxylation is 4. The first kappa shape index (κ1) is 21.4. The van der Waals surface area contributed by atoms with E-state index in [4.69, 9.17) is 10.1 Å². The molecule has 4 aromatic rings. The molecule has 1 aliphatic carbocycles. The minimum atomic E-state index is -0.153. The van der Waals surface area contributed by atoms with Crippen LogP contribution >= 0.6 is 0 Å². The van der Waals surface area contributed by atoms with Crippen LogP contribution in [0.2, 0.25) is 0 Å². The van der Waals surface area contributed by atoms with Crippen LogP contribution in [0.25, 0.3) is 11.0 Å². The number of hydrogen-bond donors (Lipinski definition) is 1. The maximum atomic E-state index is 13.4. The normalized spacial score (nSPS) is 13.7. The number of carbonyl (C=O) groups is 1. The van der Waals surface area contributed by atoms with Crippen LogP contribution in [-0.2, 0) is 20.1 Å². The van der Waals surface area contributed by atoms with E-state index in [1.807, 2.05) is 48.7 Å². The Morgan fingerprint density at radius 1 is 1.18 bits per heavy atom. The van der Waals surface area contributed by atoms with Crippen molar-refractivity contribution in [2.75, 3.05) is 5.32 Å². The van der Waals surface area contributed by atoms with Gasteiger partial charge in [0.25, 0.3) is 5.91 Å². The molecule has 0 spiro atoms. The third-order valence-corrected chi connectivity index (χ3v) is 6.20. The van der Waals surface area contributed by atoms with Gasteiger partial charge in [-0.25, -0.2) is 9.67 Å². The first-order valence-electron chi connectivity index (χ1n) is 11.6. The molecule has 9 heteroatoms. The van der Waals surface area contributed by atoms with Crippen molar-refractivity contribution < 1.29 is 4.79 Å². The quantitative estimate of drug-likeness (QED) is 0.442. The smallest absolute Gasteiger partial charge is 0.256 e. The number of pyridine rings is 1. The van der Waals surface area contributed by atoms with Crippen molar-refractivity contribution in [2.45, 2.75) is 65.5 Å². The highest BCUT2D eigenvalue weighted by Crippen LogP contribution is 2.40. The van der Waals surface area contributed by atoms with Crippen LogP contribution in [0.4, 0.5) is 5.69 Å². The number of anilines is 1. The fourth-order valence-electron chi connectivity index (χ4n) is 4.30. The first-order valence-corrected chi connectivity index (χ1v) is 11.6. The Kier molecular flexibility index (Phi) is 5.47. The highest BCUT2D eigenvalue weighted by Gasteiger charge is 2.29. The molecule has 1 fully saturated rings. The van der Waals surface area contributed by atoms with Gasteiger partial charge >= 0.3 is 0 Å². The molecule has 1 N–H and O–H groups in total. The molecule has 0 aliphatic heterocycles. The highest BCUT2D eigenvalue weighted by molar-refractivity contribution is 6.12. The minimum Gasteiger partial charge on any atom is -0.319 e. The molecule has 0 aromatic carbocycles. The van der Waals surface area contributed by atoms with Gasteiger partial charge in [0.15, 0.2) is 5.65 Å². The van der Waals surface area contributed by atoms with E-state index in [9.17, 15) is 4.79 Å². The minimum absolute atomic E-state index is 0.153. The molecule has 1 aliphatic rings. The lowest BCUT2D eigenvalue weighted by Gasteiger charge is -2.09. The highest BCUT2D eigenvalue weighted by atomic mass is 16.1. The molecule has 1 amide bonds. The average Bonchev–Trinajstić information content (AvgIpc) is 3.37. The Morgan fingerprint density at radius 2 is 2.00 bits per heavy atom. The van der Waals surface area contributed by atoms with Crippen LogP contribution in [0.15, 0.2) is 24.7 Å². The summed E-state index contributed by atoms with van der Waals surface area (Å²) in [5.74, 6) is 0.292. The molecule has 4 heterocycles. The molecule has 172 valence electrons. The van der Waals surface area contributed by atoms with E-state index in [1.165, 1.54) is 0 Å². The van der Waals surface area contributed by atoms with Crippen LogP contribution in [0, 0.1) is 13.8 Å². The van der Waals surface area contributed by atoms with Crippen LogP contribution in [-0.4, -0.2) is 40.2 Å². The number of rotatable bonds is 8. The molecular weight excluding hydrogens is 416 g/mol. The van der Waals surface area contributed by atoms with E-state index in [0.717, 1.165) is 65.9 Å². The largest absolute Gasteiger partial charge is 0.319 e. The Hall–Kier alpha value is -3.49. The van der Waals surface area contributed by atoms with E-state index in [1.54, 1.807) is 10.9 Å².